The first-order chi connectivity index (χ1) is 8.20. The van der Waals surface area contributed by atoms with Gasteiger partial charge in [-0.05, 0) is 37.1 Å². The fourth-order valence-electron chi connectivity index (χ4n) is 1.59. The first-order valence-electron chi connectivity index (χ1n) is 5.84. The number of amides is 1. The monoisotopic (exact) mass is 234 g/mol. The molecule has 1 amide bonds. The van der Waals surface area contributed by atoms with E-state index in [1.165, 1.54) is 12.8 Å². The van der Waals surface area contributed by atoms with Gasteiger partial charge in [0.1, 0.15) is 5.75 Å². The van der Waals surface area contributed by atoms with Crippen LogP contribution in [0, 0.1) is 0 Å². The highest BCUT2D eigenvalue weighted by Crippen LogP contribution is 2.20. The Morgan fingerprint density at radius 1 is 1.41 bits per heavy atom. The van der Waals surface area contributed by atoms with Gasteiger partial charge in [0.05, 0.1) is 13.7 Å². The molecule has 1 aliphatic rings. The van der Waals surface area contributed by atoms with Crippen LogP contribution in [0.4, 0.5) is 5.69 Å². The standard InChI is InChI=1S/C13H18N2O2/c1-15(13(16)9-14-10-3-4-10)11-5-7-12(17-2)8-6-11/h5-8,10,14H,3-4,9H2,1-2H3. The third-order valence-electron chi connectivity index (χ3n) is 2.95. The molecule has 0 unspecified atom stereocenters. The summed E-state index contributed by atoms with van der Waals surface area (Å²) in [4.78, 5) is 13.5. The zero-order valence-electron chi connectivity index (χ0n) is 10.3. The maximum Gasteiger partial charge on any atom is 0.240 e. The van der Waals surface area contributed by atoms with E-state index in [-0.39, 0.29) is 5.91 Å². The first kappa shape index (κ1) is 11.9. The molecule has 1 aliphatic carbocycles. The molecule has 0 atom stereocenters. The number of likely N-dealkylation sites (N-methyl/N-ethyl adjacent to an activating group) is 1. The number of ether oxygens (including phenoxy) is 1. The molecule has 1 fully saturated rings. The minimum Gasteiger partial charge on any atom is -0.497 e. The number of carbonyl (C=O) groups is 1. The van der Waals surface area contributed by atoms with Crippen molar-refractivity contribution in [2.75, 3.05) is 25.6 Å². The number of methoxy groups -OCH3 is 1. The normalized spacial score (nSPS) is 14.5. The van der Waals surface area contributed by atoms with Crippen molar-refractivity contribution in [1.82, 2.24) is 5.32 Å². The highest BCUT2D eigenvalue weighted by molar-refractivity contribution is 5.94. The minimum absolute atomic E-state index is 0.0852. The van der Waals surface area contributed by atoms with Gasteiger partial charge in [0.2, 0.25) is 5.91 Å². The summed E-state index contributed by atoms with van der Waals surface area (Å²) in [5, 5.41) is 3.21. The van der Waals surface area contributed by atoms with Crippen LogP contribution in [0.1, 0.15) is 12.8 Å². The van der Waals surface area contributed by atoms with Crippen LogP contribution in [0.2, 0.25) is 0 Å². The summed E-state index contributed by atoms with van der Waals surface area (Å²) < 4.78 is 5.08. The van der Waals surface area contributed by atoms with E-state index in [0.717, 1.165) is 11.4 Å². The molecule has 0 radical (unpaired) electrons. The maximum atomic E-state index is 11.9. The summed E-state index contributed by atoms with van der Waals surface area (Å²) in [6.07, 6.45) is 2.39. The molecule has 0 saturated heterocycles. The van der Waals surface area contributed by atoms with Crippen LogP contribution < -0.4 is 15.0 Å². The number of rotatable bonds is 5. The minimum atomic E-state index is 0.0852. The van der Waals surface area contributed by atoms with Crippen LogP contribution in [0.3, 0.4) is 0 Å². The van der Waals surface area contributed by atoms with E-state index in [1.54, 1.807) is 19.1 Å². The summed E-state index contributed by atoms with van der Waals surface area (Å²) in [7, 11) is 3.42. The largest absolute Gasteiger partial charge is 0.497 e. The molecule has 0 aliphatic heterocycles. The molecule has 0 bridgehead atoms. The lowest BCUT2D eigenvalue weighted by molar-refractivity contribution is -0.117. The molecule has 2 rings (SSSR count). The quantitative estimate of drug-likeness (QED) is 0.837. The molecule has 1 aromatic carbocycles. The van der Waals surface area contributed by atoms with Crippen LogP contribution in [0.25, 0.3) is 0 Å². The molecule has 4 heteroatoms. The average molecular weight is 234 g/mol. The smallest absolute Gasteiger partial charge is 0.240 e. The third kappa shape index (κ3) is 3.20. The predicted molar refractivity (Wildman–Crippen MR) is 67.4 cm³/mol. The molecule has 92 valence electrons. The fourth-order valence-corrected chi connectivity index (χ4v) is 1.59. The Morgan fingerprint density at radius 3 is 2.59 bits per heavy atom. The fraction of sp³-hybridized carbons (Fsp3) is 0.462. The van der Waals surface area contributed by atoms with Crippen LogP contribution >= 0.6 is 0 Å². The number of nitrogens with zero attached hydrogens (tertiary/aromatic N) is 1. The van der Waals surface area contributed by atoms with Gasteiger partial charge in [0.25, 0.3) is 0 Å². The van der Waals surface area contributed by atoms with Gasteiger partial charge in [-0.15, -0.1) is 0 Å². The molecular weight excluding hydrogens is 216 g/mol. The van der Waals surface area contributed by atoms with Gasteiger partial charge in [-0.1, -0.05) is 0 Å². The Labute approximate surface area is 102 Å². The van der Waals surface area contributed by atoms with E-state index < -0.39 is 0 Å². The predicted octanol–water partition coefficient (Wildman–Crippen LogP) is 1.41. The van der Waals surface area contributed by atoms with Gasteiger partial charge < -0.3 is 15.0 Å². The Bertz CT molecular complexity index is 385. The lowest BCUT2D eigenvalue weighted by Gasteiger charge is -2.17. The van der Waals surface area contributed by atoms with Crippen LogP contribution in [0.15, 0.2) is 24.3 Å². The molecule has 0 heterocycles. The van der Waals surface area contributed by atoms with Crippen LogP contribution in [-0.4, -0.2) is 32.7 Å². The molecule has 1 N–H and O–H groups in total. The average Bonchev–Trinajstić information content (AvgIpc) is 3.19. The lowest BCUT2D eigenvalue weighted by atomic mass is 10.3. The van der Waals surface area contributed by atoms with Crippen molar-refractivity contribution in [2.45, 2.75) is 18.9 Å². The zero-order valence-corrected chi connectivity index (χ0v) is 10.3. The summed E-state index contributed by atoms with van der Waals surface area (Å²) in [5.41, 5.74) is 0.883. The molecule has 0 aromatic heterocycles. The van der Waals surface area contributed by atoms with Crippen molar-refractivity contribution in [3.63, 3.8) is 0 Å². The maximum absolute atomic E-state index is 11.9. The van der Waals surface area contributed by atoms with Crippen LogP contribution in [0.5, 0.6) is 5.75 Å². The van der Waals surface area contributed by atoms with Crippen molar-refractivity contribution in [1.29, 1.82) is 0 Å². The molecule has 17 heavy (non-hydrogen) atoms. The van der Waals surface area contributed by atoms with E-state index in [4.69, 9.17) is 4.74 Å². The summed E-state index contributed by atoms with van der Waals surface area (Å²) in [6.45, 7) is 0.410. The topological polar surface area (TPSA) is 41.6 Å². The number of anilines is 1. The van der Waals surface area contributed by atoms with E-state index in [2.05, 4.69) is 5.32 Å². The summed E-state index contributed by atoms with van der Waals surface area (Å²) in [6, 6.07) is 8.03. The van der Waals surface area contributed by atoms with E-state index in [1.807, 2.05) is 24.3 Å². The van der Waals surface area contributed by atoms with E-state index in [0.29, 0.717) is 12.6 Å². The number of nitrogens with one attached hydrogen (secondary N) is 1. The van der Waals surface area contributed by atoms with E-state index >= 15 is 0 Å². The van der Waals surface area contributed by atoms with Crippen molar-refractivity contribution < 1.29 is 9.53 Å². The second-order valence-electron chi connectivity index (χ2n) is 4.31. The Balaban J connectivity index is 1.91. The first-order valence-corrected chi connectivity index (χ1v) is 5.84. The highest BCUT2D eigenvalue weighted by atomic mass is 16.5. The van der Waals surface area contributed by atoms with Gasteiger partial charge in [-0.25, -0.2) is 0 Å². The second-order valence-corrected chi connectivity index (χ2v) is 4.31. The van der Waals surface area contributed by atoms with Crippen molar-refractivity contribution in [3.05, 3.63) is 24.3 Å². The van der Waals surface area contributed by atoms with Gasteiger partial charge in [-0.3, -0.25) is 4.79 Å². The van der Waals surface area contributed by atoms with Crippen molar-refractivity contribution in [3.8, 4) is 5.75 Å². The number of benzene rings is 1. The molecule has 1 aromatic rings. The third-order valence-corrected chi connectivity index (χ3v) is 2.95. The molecular formula is C13H18N2O2. The zero-order chi connectivity index (χ0) is 12.3. The van der Waals surface area contributed by atoms with Gasteiger partial charge >= 0.3 is 0 Å². The number of hydrogen-bond donors (Lipinski definition) is 1. The lowest BCUT2D eigenvalue weighted by Crippen LogP contribution is -2.36. The Morgan fingerprint density at radius 2 is 2.06 bits per heavy atom. The van der Waals surface area contributed by atoms with Gasteiger partial charge in [-0.2, -0.15) is 0 Å². The number of hydrogen-bond acceptors (Lipinski definition) is 3. The Hall–Kier alpha value is -1.55. The van der Waals surface area contributed by atoms with Crippen LogP contribution in [-0.2, 0) is 4.79 Å². The highest BCUT2D eigenvalue weighted by Gasteiger charge is 2.22. The van der Waals surface area contributed by atoms with E-state index in [9.17, 15) is 4.79 Å². The SMILES string of the molecule is COc1ccc(N(C)C(=O)CNC2CC2)cc1. The Kier molecular flexibility index (Phi) is 3.64. The second kappa shape index (κ2) is 5.19. The molecule has 4 nitrogen and oxygen atoms in total. The molecule has 0 spiro atoms. The van der Waals surface area contributed by atoms with Crippen molar-refractivity contribution >= 4 is 11.6 Å². The summed E-state index contributed by atoms with van der Waals surface area (Å²) in [5.74, 6) is 0.882. The number of carbonyl (C=O) groups excluding carboxylic acids is 1. The summed E-state index contributed by atoms with van der Waals surface area (Å²) >= 11 is 0. The van der Waals surface area contributed by atoms with Crippen molar-refractivity contribution in [2.24, 2.45) is 0 Å². The van der Waals surface area contributed by atoms with Gasteiger partial charge in [0.15, 0.2) is 0 Å². The van der Waals surface area contributed by atoms with Gasteiger partial charge in [0, 0.05) is 18.8 Å². The molecule has 1 saturated carbocycles.